The summed E-state index contributed by atoms with van der Waals surface area (Å²) in [6, 6.07) is 2.20. The van der Waals surface area contributed by atoms with Gasteiger partial charge in [0.1, 0.15) is 0 Å². The minimum Gasteiger partial charge on any atom is -0.352 e. The summed E-state index contributed by atoms with van der Waals surface area (Å²) in [5.41, 5.74) is 4.09. The number of aryl methyl sites for hydroxylation is 2. The fraction of sp³-hybridized carbons (Fsp3) is 0.600. The third-order valence-electron chi connectivity index (χ3n) is 2.03. The first-order chi connectivity index (χ1) is 5.13. The van der Waals surface area contributed by atoms with E-state index in [1.54, 1.807) is 0 Å². The maximum Gasteiger partial charge on any atom is 0.0172 e. The van der Waals surface area contributed by atoms with Crippen molar-refractivity contribution in [1.82, 2.24) is 4.57 Å². The van der Waals surface area contributed by atoms with Crippen molar-refractivity contribution in [2.45, 2.75) is 34.6 Å². The van der Waals surface area contributed by atoms with E-state index in [0.717, 1.165) is 0 Å². The van der Waals surface area contributed by atoms with E-state index in [2.05, 4.69) is 38.5 Å². The summed E-state index contributed by atoms with van der Waals surface area (Å²) in [6.07, 6.45) is 0. The van der Waals surface area contributed by atoms with Crippen molar-refractivity contribution in [3.05, 3.63) is 23.0 Å². The molecule has 64 valence electrons. The van der Waals surface area contributed by atoms with E-state index in [9.17, 15) is 0 Å². The number of rotatable bonds is 0. The Kier molecular flexibility index (Phi) is 3.94. The molecule has 0 aliphatic carbocycles. The predicted octanol–water partition coefficient (Wildman–Crippen LogP) is 2.98. The van der Waals surface area contributed by atoms with Gasteiger partial charge in [-0.1, -0.05) is 13.8 Å². The van der Waals surface area contributed by atoms with E-state index in [1.807, 2.05) is 13.8 Å². The van der Waals surface area contributed by atoms with Crippen LogP contribution in [0.15, 0.2) is 6.07 Å². The zero-order valence-electron chi connectivity index (χ0n) is 8.52. The molecule has 1 aromatic rings. The van der Waals surface area contributed by atoms with Crippen LogP contribution in [-0.4, -0.2) is 4.57 Å². The second kappa shape index (κ2) is 4.22. The standard InChI is InChI=1S/C8H13N.C2H6/c1-6-5-7(2)9(4)8(6)3;1-2/h5H,1-4H3;1-2H3. The van der Waals surface area contributed by atoms with Crippen molar-refractivity contribution in [2.75, 3.05) is 0 Å². The monoisotopic (exact) mass is 153 g/mol. The summed E-state index contributed by atoms with van der Waals surface area (Å²) < 4.78 is 2.20. The number of nitrogens with zero attached hydrogens (tertiary/aromatic N) is 1. The normalized spacial score (nSPS) is 8.91. The van der Waals surface area contributed by atoms with Gasteiger partial charge in [0, 0.05) is 18.4 Å². The Balaban J connectivity index is 0.000000461. The second-order valence-electron chi connectivity index (χ2n) is 2.61. The summed E-state index contributed by atoms with van der Waals surface area (Å²) in [4.78, 5) is 0. The molecule has 1 heterocycles. The molecule has 0 saturated carbocycles. The summed E-state index contributed by atoms with van der Waals surface area (Å²) in [5.74, 6) is 0. The Morgan fingerprint density at radius 3 is 1.64 bits per heavy atom. The van der Waals surface area contributed by atoms with Crippen molar-refractivity contribution in [2.24, 2.45) is 7.05 Å². The maximum absolute atomic E-state index is 2.20. The van der Waals surface area contributed by atoms with E-state index < -0.39 is 0 Å². The quantitative estimate of drug-likeness (QED) is 0.540. The Morgan fingerprint density at radius 1 is 1.09 bits per heavy atom. The summed E-state index contributed by atoms with van der Waals surface area (Å²) >= 11 is 0. The van der Waals surface area contributed by atoms with Gasteiger partial charge in [-0.05, 0) is 32.4 Å². The average molecular weight is 153 g/mol. The molecule has 1 heteroatoms. The summed E-state index contributed by atoms with van der Waals surface area (Å²) in [6.45, 7) is 10.4. The lowest BCUT2D eigenvalue weighted by Crippen LogP contribution is -1.92. The predicted molar refractivity (Wildman–Crippen MR) is 51.0 cm³/mol. The van der Waals surface area contributed by atoms with Crippen LogP contribution in [0.1, 0.15) is 30.8 Å². The first kappa shape index (κ1) is 10.3. The fourth-order valence-corrected chi connectivity index (χ4v) is 1.04. The molecule has 1 nitrogen and oxygen atoms in total. The van der Waals surface area contributed by atoms with Crippen LogP contribution in [0.3, 0.4) is 0 Å². The third-order valence-corrected chi connectivity index (χ3v) is 2.03. The first-order valence-electron chi connectivity index (χ1n) is 4.22. The summed E-state index contributed by atoms with van der Waals surface area (Å²) in [5, 5.41) is 0. The molecule has 0 saturated heterocycles. The largest absolute Gasteiger partial charge is 0.352 e. The van der Waals surface area contributed by atoms with Crippen molar-refractivity contribution < 1.29 is 0 Å². The average Bonchev–Trinajstić information content (AvgIpc) is 2.22. The highest BCUT2D eigenvalue weighted by molar-refractivity contribution is 5.24. The molecule has 0 bridgehead atoms. The van der Waals surface area contributed by atoms with Gasteiger partial charge in [0.15, 0.2) is 0 Å². The van der Waals surface area contributed by atoms with Crippen LogP contribution in [0.5, 0.6) is 0 Å². The molecule has 0 N–H and O–H groups in total. The van der Waals surface area contributed by atoms with Gasteiger partial charge in [0.05, 0.1) is 0 Å². The minimum atomic E-state index is 1.34. The molecule has 0 aliphatic rings. The number of hydrogen-bond acceptors (Lipinski definition) is 0. The van der Waals surface area contributed by atoms with E-state index in [4.69, 9.17) is 0 Å². The molecule has 0 radical (unpaired) electrons. The second-order valence-corrected chi connectivity index (χ2v) is 2.61. The maximum atomic E-state index is 2.20. The van der Waals surface area contributed by atoms with Gasteiger partial charge >= 0.3 is 0 Å². The van der Waals surface area contributed by atoms with Gasteiger partial charge in [0.2, 0.25) is 0 Å². The molecule has 11 heavy (non-hydrogen) atoms. The van der Waals surface area contributed by atoms with Gasteiger partial charge in [-0.25, -0.2) is 0 Å². The van der Waals surface area contributed by atoms with Crippen LogP contribution in [-0.2, 0) is 7.05 Å². The van der Waals surface area contributed by atoms with Crippen LogP contribution in [0.2, 0.25) is 0 Å². The molecule has 0 aromatic carbocycles. The topological polar surface area (TPSA) is 4.93 Å². The van der Waals surface area contributed by atoms with Gasteiger partial charge in [0.25, 0.3) is 0 Å². The molecule has 1 aromatic heterocycles. The van der Waals surface area contributed by atoms with Crippen molar-refractivity contribution in [3.63, 3.8) is 0 Å². The van der Waals surface area contributed by atoms with Gasteiger partial charge in [-0.15, -0.1) is 0 Å². The zero-order valence-corrected chi connectivity index (χ0v) is 8.52. The lowest BCUT2D eigenvalue weighted by atomic mass is 10.3. The molecule has 0 spiro atoms. The SMILES string of the molecule is CC.Cc1cc(C)n(C)c1C. The molecular weight excluding hydrogens is 134 g/mol. The molecule has 0 aliphatic heterocycles. The zero-order chi connectivity index (χ0) is 9.02. The van der Waals surface area contributed by atoms with E-state index in [0.29, 0.717) is 0 Å². The Hall–Kier alpha value is -0.720. The highest BCUT2D eigenvalue weighted by atomic mass is 14.9. The van der Waals surface area contributed by atoms with Gasteiger partial charge in [-0.2, -0.15) is 0 Å². The van der Waals surface area contributed by atoms with E-state index in [-0.39, 0.29) is 0 Å². The molecule has 0 unspecified atom stereocenters. The Labute approximate surface area is 70.0 Å². The van der Waals surface area contributed by atoms with Gasteiger partial charge < -0.3 is 4.57 Å². The molecule has 0 amide bonds. The highest BCUT2D eigenvalue weighted by Gasteiger charge is 1.98. The molecule has 0 fully saturated rings. The lowest BCUT2D eigenvalue weighted by Gasteiger charge is -1.97. The molecule has 1 rings (SSSR count). The van der Waals surface area contributed by atoms with Crippen LogP contribution in [0.25, 0.3) is 0 Å². The van der Waals surface area contributed by atoms with Crippen LogP contribution < -0.4 is 0 Å². The fourth-order valence-electron chi connectivity index (χ4n) is 1.04. The third kappa shape index (κ3) is 2.11. The number of aromatic nitrogens is 1. The van der Waals surface area contributed by atoms with Crippen molar-refractivity contribution in [1.29, 1.82) is 0 Å². The minimum absolute atomic E-state index is 1.34. The molecular formula is C10H19N. The first-order valence-corrected chi connectivity index (χ1v) is 4.22. The van der Waals surface area contributed by atoms with Crippen LogP contribution in [0.4, 0.5) is 0 Å². The summed E-state index contributed by atoms with van der Waals surface area (Å²) in [7, 11) is 2.09. The van der Waals surface area contributed by atoms with Crippen LogP contribution >= 0.6 is 0 Å². The lowest BCUT2D eigenvalue weighted by molar-refractivity contribution is 0.840. The van der Waals surface area contributed by atoms with E-state index >= 15 is 0 Å². The highest BCUT2D eigenvalue weighted by Crippen LogP contribution is 2.10. The molecule has 0 atom stereocenters. The number of hydrogen-bond donors (Lipinski definition) is 0. The van der Waals surface area contributed by atoms with Crippen molar-refractivity contribution in [3.8, 4) is 0 Å². The smallest absolute Gasteiger partial charge is 0.0172 e. The van der Waals surface area contributed by atoms with Gasteiger partial charge in [-0.3, -0.25) is 0 Å². The van der Waals surface area contributed by atoms with E-state index in [1.165, 1.54) is 17.0 Å². The Bertz CT molecular complexity index is 199. The van der Waals surface area contributed by atoms with Crippen LogP contribution in [0, 0.1) is 20.8 Å². The Morgan fingerprint density at radius 2 is 1.55 bits per heavy atom. The van der Waals surface area contributed by atoms with Crippen molar-refractivity contribution >= 4 is 0 Å².